The normalized spacial score (nSPS) is 12.4. The number of halogens is 2. The molecule has 21 heavy (non-hydrogen) atoms. The average molecular weight is 350 g/mol. The van der Waals surface area contributed by atoms with Crippen LogP contribution in [0.3, 0.4) is 0 Å². The zero-order valence-electron chi connectivity index (χ0n) is 12.7. The summed E-state index contributed by atoms with van der Waals surface area (Å²) in [5.74, 6) is -0.211. The Morgan fingerprint density at radius 3 is 2.48 bits per heavy atom. The number of hydrogen-bond donors (Lipinski definition) is 1. The first kappa shape index (κ1) is 16.2. The maximum absolute atomic E-state index is 13.2. The van der Waals surface area contributed by atoms with E-state index in [1.54, 1.807) is 0 Å². The van der Waals surface area contributed by atoms with Crippen LogP contribution in [0.15, 0.2) is 40.9 Å². The second-order valence-corrected chi connectivity index (χ2v) is 6.25. The summed E-state index contributed by atoms with van der Waals surface area (Å²) in [5, 5.41) is 3.52. The van der Waals surface area contributed by atoms with Crippen molar-refractivity contribution in [1.29, 1.82) is 0 Å². The second-order valence-electron chi connectivity index (χ2n) is 5.39. The third-order valence-electron chi connectivity index (χ3n) is 3.82. The highest BCUT2D eigenvalue weighted by Gasteiger charge is 2.14. The summed E-state index contributed by atoms with van der Waals surface area (Å²) in [6.45, 7) is 7.26. The molecule has 2 aromatic carbocycles. The van der Waals surface area contributed by atoms with Gasteiger partial charge in [-0.2, -0.15) is 0 Å². The summed E-state index contributed by atoms with van der Waals surface area (Å²) in [4.78, 5) is 0. The predicted molar refractivity (Wildman–Crippen MR) is 90.1 cm³/mol. The van der Waals surface area contributed by atoms with Crippen LogP contribution >= 0.6 is 15.9 Å². The summed E-state index contributed by atoms with van der Waals surface area (Å²) < 4.78 is 14.0. The number of likely N-dealkylation sites (N-methyl/N-ethyl adjacent to an activating group) is 1. The number of aryl methyl sites for hydroxylation is 2. The molecule has 1 atom stereocenters. The Morgan fingerprint density at radius 1 is 1.10 bits per heavy atom. The average Bonchev–Trinajstić information content (AvgIpc) is 2.44. The van der Waals surface area contributed by atoms with Crippen LogP contribution in [0.1, 0.15) is 35.2 Å². The Kier molecular flexibility index (Phi) is 5.54. The smallest absolute Gasteiger partial charge is 0.124 e. The summed E-state index contributed by atoms with van der Waals surface area (Å²) >= 11 is 3.46. The predicted octanol–water partition coefficient (Wildman–Crippen LogP) is 5.10. The van der Waals surface area contributed by atoms with Crippen molar-refractivity contribution in [2.75, 3.05) is 6.54 Å². The molecule has 0 aliphatic heterocycles. The topological polar surface area (TPSA) is 12.0 Å². The molecule has 0 aliphatic carbocycles. The Balaban J connectivity index is 2.28. The summed E-state index contributed by atoms with van der Waals surface area (Å²) in [6, 6.07) is 11.7. The van der Waals surface area contributed by atoms with Gasteiger partial charge in [-0.1, -0.05) is 47.1 Å². The zero-order valence-corrected chi connectivity index (χ0v) is 14.3. The van der Waals surface area contributed by atoms with Gasteiger partial charge in [-0.05, 0) is 61.2 Å². The van der Waals surface area contributed by atoms with Crippen LogP contribution < -0.4 is 5.32 Å². The minimum atomic E-state index is -0.211. The number of benzene rings is 2. The van der Waals surface area contributed by atoms with Crippen LogP contribution in [-0.2, 0) is 6.42 Å². The van der Waals surface area contributed by atoms with Gasteiger partial charge >= 0.3 is 0 Å². The zero-order chi connectivity index (χ0) is 15.4. The van der Waals surface area contributed by atoms with E-state index in [9.17, 15) is 4.39 Å². The number of rotatable bonds is 5. The van der Waals surface area contributed by atoms with Gasteiger partial charge in [-0.15, -0.1) is 0 Å². The van der Waals surface area contributed by atoms with Crippen LogP contribution in [0, 0.1) is 19.7 Å². The summed E-state index contributed by atoms with van der Waals surface area (Å²) in [6.07, 6.45) is 0.831. The fourth-order valence-electron chi connectivity index (χ4n) is 2.44. The van der Waals surface area contributed by atoms with Gasteiger partial charge in [0.1, 0.15) is 5.82 Å². The Hall–Kier alpha value is -1.19. The van der Waals surface area contributed by atoms with Gasteiger partial charge < -0.3 is 5.32 Å². The van der Waals surface area contributed by atoms with Crippen LogP contribution in [0.25, 0.3) is 0 Å². The van der Waals surface area contributed by atoms with Gasteiger partial charge in [0.25, 0.3) is 0 Å². The molecule has 1 nitrogen and oxygen atoms in total. The third kappa shape index (κ3) is 4.14. The van der Waals surface area contributed by atoms with Crippen molar-refractivity contribution >= 4 is 15.9 Å². The van der Waals surface area contributed by atoms with E-state index in [1.807, 2.05) is 6.07 Å². The molecule has 2 rings (SSSR count). The molecule has 0 saturated carbocycles. The molecule has 0 saturated heterocycles. The quantitative estimate of drug-likeness (QED) is 0.791. The largest absolute Gasteiger partial charge is 0.310 e. The Labute approximate surface area is 134 Å². The van der Waals surface area contributed by atoms with Crippen molar-refractivity contribution in [3.63, 3.8) is 0 Å². The van der Waals surface area contributed by atoms with Gasteiger partial charge in [0.15, 0.2) is 0 Å². The highest BCUT2D eigenvalue weighted by Crippen LogP contribution is 2.26. The maximum Gasteiger partial charge on any atom is 0.124 e. The van der Waals surface area contributed by atoms with Crippen LogP contribution in [-0.4, -0.2) is 6.54 Å². The maximum atomic E-state index is 13.2. The van der Waals surface area contributed by atoms with Crippen LogP contribution in [0.4, 0.5) is 4.39 Å². The van der Waals surface area contributed by atoms with Gasteiger partial charge in [-0.25, -0.2) is 4.39 Å². The fourth-order valence-corrected chi connectivity index (χ4v) is 2.96. The highest BCUT2D eigenvalue weighted by atomic mass is 79.9. The van der Waals surface area contributed by atoms with Gasteiger partial charge in [0.05, 0.1) is 0 Å². The molecule has 1 N–H and O–H groups in total. The molecular weight excluding hydrogens is 329 g/mol. The van der Waals surface area contributed by atoms with Crippen molar-refractivity contribution in [2.24, 2.45) is 0 Å². The molecule has 0 radical (unpaired) electrons. The molecule has 0 aliphatic rings. The monoisotopic (exact) mass is 349 g/mol. The molecule has 3 heteroatoms. The van der Waals surface area contributed by atoms with Crippen LogP contribution in [0.2, 0.25) is 0 Å². The molecule has 1 unspecified atom stereocenters. The van der Waals surface area contributed by atoms with E-state index in [0.29, 0.717) is 0 Å². The summed E-state index contributed by atoms with van der Waals surface area (Å²) in [7, 11) is 0. The van der Waals surface area contributed by atoms with Gasteiger partial charge in [0.2, 0.25) is 0 Å². The van der Waals surface area contributed by atoms with Crippen molar-refractivity contribution in [3.05, 3.63) is 68.9 Å². The molecule has 0 aromatic heterocycles. The third-order valence-corrected chi connectivity index (χ3v) is 4.56. The van der Waals surface area contributed by atoms with E-state index in [4.69, 9.17) is 0 Å². The number of hydrogen-bond acceptors (Lipinski definition) is 1. The van der Waals surface area contributed by atoms with Crippen molar-refractivity contribution in [1.82, 2.24) is 5.32 Å². The molecule has 0 bridgehead atoms. The lowest BCUT2D eigenvalue weighted by atomic mass is 9.96. The lowest BCUT2D eigenvalue weighted by molar-refractivity contribution is 0.547. The van der Waals surface area contributed by atoms with Crippen molar-refractivity contribution < 1.29 is 4.39 Å². The number of nitrogens with one attached hydrogen (secondary N) is 1. The standard InChI is InChI=1S/C18H21BrFN/c1-4-21-18(15-6-5-12(2)13(3)9-15)10-14-7-8-16(20)11-17(14)19/h5-9,11,18,21H,4,10H2,1-3H3. The van der Waals surface area contributed by atoms with Crippen molar-refractivity contribution in [2.45, 2.75) is 33.2 Å². The fraction of sp³-hybridized carbons (Fsp3) is 0.333. The van der Waals surface area contributed by atoms with Crippen LogP contribution in [0.5, 0.6) is 0 Å². The lowest BCUT2D eigenvalue weighted by Crippen LogP contribution is -2.23. The molecule has 2 aromatic rings. The second kappa shape index (κ2) is 7.19. The molecular formula is C18H21BrFN. The molecule has 112 valence electrons. The molecule has 0 spiro atoms. The van der Waals surface area contributed by atoms with E-state index >= 15 is 0 Å². The minimum Gasteiger partial charge on any atom is -0.310 e. The Bertz CT molecular complexity index is 625. The van der Waals surface area contributed by atoms with E-state index < -0.39 is 0 Å². The first-order valence-corrected chi connectivity index (χ1v) is 8.05. The summed E-state index contributed by atoms with van der Waals surface area (Å²) in [5.41, 5.74) is 4.99. The first-order chi connectivity index (χ1) is 10.0. The van der Waals surface area contributed by atoms with E-state index in [1.165, 1.54) is 28.8 Å². The SMILES string of the molecule is CCNC(Cc1ccc(F)cc1Br)c1ccc(C)c(C)c1. The highest BCUT2D eigenvalue weighted by molar-refractivity contribution is 9.10. The van der Waals surface area contributed by atoms with Gasteiger partial charge in [-0.3, -0.25) is 0 Å². The lowest BCUT2D eigenvalue weighted by Gasteiger charge is -2.20. The first-order valence-electron chi connectivity index (χ1n) is 7.25. The molecule has 0 heterocycles. The van der Waals surface area contributed by atoms with Gasteiger partial charge in [0, 0.05) is 10.5 Å². The van der Waals surface area contributed by atoms with E-state index in [0.717, 1.165) is 23.0 Å². The van der Waals surface area contributed by atoms with E-state index in [-0.39, 0.29) is 11.9 Å². The minimum absolute atomic E-state index is 0.211. The molecule has 0 amide bonds. The molecule has 0 fully saturated rings. The van der Waals surface area contributed by atoms with Crippen molar-refractivity contribution in [3.8, 4) is 0 Å². The Morgan fingerprint density at radius 2 is 1.86 bits per heavy atom. The van der Waals surface area contributed by atoms with E-state index in [2.05, 4.69) is 60.2 Å².